The molecule has 0 spiro atoms. The third-order valence-electron chi connectivity index (χ3n) is 5.14. The summed E-state index contributed by atoms with van der Waals surface area (Å²) in [5.74, 6) is 2.45. The monoisotopic (exact) mass is 370 g/mol. The molecule has 0 aliphatic carbocycles. The van der Waals surface area contributed by atoms with Crippen molar-refractivity contribution in [1.29, 1.82) is 0 Å². The van der Waals surface area contributed by atoms with Crippen molar-refractivity contribution >= 4 is 33.3 Å². The summed E-state index contributed by atoms with van der Waals surface area (Å²) in [6.07, 6.45) is 3.44. The fourth-order valence-electron chi connectivity index (χ4n) is 3.79. The number of hydrogen-bond acceptors (Lipinski definition) is 8. The minimum absolute atomic E-state index is 0.151. The van der Waals surface area contributed by atoms with Gasteiger partial charge in [-0.25, -0.2) is 9.97 Å². The van der Waals surface area contributed by atoms with Gasteiger partial charge in [-0.3, -0.25) is 4.79 Å². The lowest BCUT2D eigenvalue weighted by atomic mass is 9.98. The fraction of sp³-hybridized carbons (Fsp3) is 0.471. The molecule has 26 heavy (non-hydrogen) atoms. The first-order chi connectivity index (χ1) is 12.7. The summed E-state index contributed by atoms with van der Waals surface area (Å²) in [6.45, 7) is 3.93. The molecule has 8 nitrogen and oxygen atoms in total. The molecule has 9 heteroatoms. The van der Waals surface area contributed by atoms with Crippen LogP contribution in [0.4, 0.5) is 5.82 Å². The van der Waals surface area contributed by atoms with Crippen LogP contribution in [0.15, 0.2) is 22.3 Å². The number of amides is 1. The molecule has 5 rings (SSSR count). The molecule has 2 aliphatic rings. The summed E-state index contributed by atoms with van der Waals surface area (Å²) in [5, 5.41) is 6.88. The molecule has 0 bridgehead atoms. The minimum Gasteiger partial charge on any atom is -0.344 e. The summed E-state index contributed by atoms with van der Waals surface area (Å²) >= 11 is 1.60. The molecular weight excluding hydrogens is 352 g/mol. The van der Waals surface area contributed by atoms with Gasteiger partial charge in [-0.1, -0.05) is 5.16 Å². The van der Waals surface area contributed by atoms with Gasteiger partial charge in [0.15, 0.2) is 5.82 Å². The van der Waals surface area contributed by atoms with Crippen molar-refractivity contribution in [2.75, 3.05) is 24.5 Å². The SMILES string of the molecule is Cc1noc(C2CN(C(=O)[C@H]3CCCN3c3ncnc4sccc34)C2)n1. The van der Waals surface area contributed by atoms with Gasteiger partial charge in [-0.15, -0.1) is 11.3 Å². The summed E-state index contributed by atoms with van der Waals surface area (Å²) in [7, 11) is 0. The Hall–Kier alpha value is -2.55. The Morgan fingerprint density at radius 2 is 2.23 bits per heavy atom. The Bertz CT molecular complexity index is 963. The summed E-state index contributed by atoms with van der Waals surface area (Å²) in [6, 6.07) is 1.88. The molecule has 0 saturated carbocycles. The summed E-state index contributed by atoms with van der Waals surface area (Å²) in [4.78, 5) is 31.1. The van der Waals surface area contributed by atoms with E-state index in [1.54, 1.807) is 24.6 Å². The number of nitrogens with zero attached hydrogens (tertiary/aromatic N) is 6. The first-order valence-electron chi connectivity index (χ1n) is 8.74. The molecule has 0 unspecified atom stereocenters. The van der Waals surface area contributed by atoms with Gasteiger partial charge < -0.3 is 14.3 Å². The number of thiophene rings is 1. The maximum Gasteiger partial charge on any atom is 0.245 e. The fourth-order valence-corrected chi connectivity index (χ4v) is 4.51. The number of rotatable bonds is 3. The highest BCUT2D eigenvalue weighted by molar-refractivity contribution is 7.16. The molecule has 2 aliphatic heterocycles. The molecule has 3 aromatic rings. The zero-order valence-electron chi connectivity index (χ0n) is 14.3. The molecule has 134 valence electrons. The van der Waals surface area contributed by atoms with Crippen molar-refractivity contribution in [1.82, 2.24) is 25.0 Å². The zero-order valence-corrected chi connectivity index (χ0v) is 15.1. The molecule has 1 atom stereocenters. The molecule has 0 radical (unpaired) electrons. The van der Waals surface area contributed by atoms with E-state index in [0.717, 1.165) is 35.4 Å². The smallest absolute Gasteiger partial charge is 0.245 e. The first kappa shape index (κ1) is 15.7. The number of carbonyl (C=O) groups is 1. The highest BCUT2D eigenvalue weighted by atomic mass is 32.1. The van der Waals surface area contributed by atoms with E-state index in [9.17, 15) is 4.79 Å². The van der Waals surface area contributed by atoms with Crippen LogP contribution in [0.3, 0.4) is 0 Å². The lowest BCUT2D eigenvalue weighted by molar-refractivity contribution is -0.137. The van der Waals surface area contributed by atoms with E-state index in [0.29, 0.717) is 24.8 Å². The van der Waals surface area contributed by atoms with Crippen molar-refractivity contribution < 1.29 is 9.32 Å². The van der Waals surface area contributed by atoms with Crippen LogP contribution in [0, 0.1) is 6.92 Å². The van der Waals surface area contributed by atoms with Gasteiger partial charge in [0.2, 0.25) is 11.8 Å². The first-order valence-corrected chi connectivity index (χ1v) is 9.62. The Morgan fingerprint density at radius 3 is 3.04 bits per heavy atom. The summed E-state index contributed by atoms with van der Waals surface area (Å²) < 4.78 is 5.23. The molecule has 5 heterocycles. The third kappa shape index (κ3) is 2.45. The average molecular weight is 370 g/mol. The molecule has 0 N–H and O–H groups in total. The van der Waals surface area contributed by atoms with E-state index >= 15 is 0 Å². The van der Waals surface area contributed by atoms with E-state index in [1.165, 1.54) is 0 Å². The van der Waals surface area contributed by atoms with Crippen LogP contribution in [0.1, 0.15) is 30.5 Å². The van der Waals surface area contributed by atoms with Gasteiger partial charge >= 0.3 is 0 Å². The van der Waals surface area contributed by atoms with Crippen LogP contribution in [-0.4, -0.2) is 56.6 Å². The van der Waals surface area contributed by atoms with Crippen molar-refractivity contribution in [3.63, 3.8) is 0 Å². The number of fused-ring (bicyclic) bond motifs is 1. The normalized spacial score (nSPS) is 20.7. The van der Waals surface area contributed by atoms with Crippen LogP contribution in [0.5, 0.6) is 0 Å². The summed E-state index contributed by atoms with van der Waals surface area (Å²) in [5.41, 5.74) is 0. The lowest BCUT2D eigenvalue weighted by Gasteiger charge is -2.40. The predicted molar refractivity (Wildman–Crippen MR) is 96.1 cm³/mol. The molecule has 0 aromatic carbocycles. The highest BCUT2D eigenvalue weighted by Crippen LogP contribution is 2.34. The van der Waals surface area contributed by atoms with Crippen molar-refractivity contribution in [3.8, 4) is 0 Å². The third-order valence-corrected chi connectivity index (χ3v) is 5.96. The van der Waals surface area contributed by atoms with E-state index in [2.05, 4.69) is 25.0 Å². The number of likely N-dealkylation sites (tertiary alicyclic amines) is 1. The van der Waals surface area contributed by atoms with Crippen LogP contribution in [0.25, 0.3) is 10.2 Å². The van der Waals surface area contributed by atoms with Gasteiger partial charge in [0.05, 0.1) is 11.3 Å². The topological polar surface area (TPSA) is 88.3 Å². The number of carbonyl (C=O) groups excluding carboxylic acids is 1. The zero-order chi connectivity index (χ0) is 17.7. The average Bonchev–Trinajstić information content (AvgIpc) is 3.33. The number of aryl methyl sites for hydroxylation is 1. The number of anilines is 1. The number of aromatic nitrogens is 4. The minimum atomic E-state index is -0.154. The number of hydrogen-bond donors (Lipinski definition) is 0. The lowest BCUT2D eigenvalue weighted by Crippen LogP contribution is -2.55. The van der Waals surface area contributed by atoms with Gasteiger partial charge in [-0.2, -0.15) is 4.98 Å². The standard InChI is InChI=1S/C17H18N6O2S/c1-10-20-15(25-21-10)11-7-22(8-11)17(24)13-3-2-5-23(13)14-12-4-6-26-16(12)19-9-18-14/h4,6,9,11,13H,2-3,5,7-8H2,1H3/t13-/m1/s1. The van der Waals surface area contributed by atoms with Crippen molar-refractivity contribution in [2.24, 2.45) is 0 Å². The largest absolute Gasteiger partial charge is 0.344 e. The van der Waals surface area contributed by atoms with Gasteiger partial charge in [0, 0.05) is 19.6 Å². The highest BCUT2D eigenvalue weighted by Gasteiger charge is 2.41. The van der Waals surface area contributed by atoms with Crippen LogP contribution >= 0.6 is 11.3 Å². The van der Waals surface area contributed by atoms with E-state index in [4.69, 9.17) is 4.52 Å². The van der Waals surface area contributed by atoms with Crippen molar-refractivity contribution in [2.45, 2.75) is 31.7 Å². The van der Waals surface area contributed by atoms with Crippen molar-refractivity contribution in [3.05, 3.63) is 29.5 Å². The predicted octanol–water partition coefficient (Wildman–Crippen LogP) is 1.98. The van der Waals surface area contributed by atoms with Crippen LogP contribution in [-0.2, 0) is 4.79 Å². The Labute approximate surface area is 153 Å². The van der Waals surface area contributed by atoms with E-state index in [-0.39, 0.29) is 17.9 Å². The second-order valence-electron chi connectivity index (χ2n) is 6.81. The molecular formula is C17H18N6O2S. The maximum absolute atomic E-state index is 13.0. The second-order valence-corrected chi connectivity index (χ2v) is 7.70. The van der Waals surface area contributed by atoms with Gasteiger partial charge in [-0.05, 0) is 31.2 Å². The Morgan fingerprint density at radius 1 is 1.35 bits per heavy atom. The van der Waals surface area contributed by atoms with Crippen LogP contribution < -0.4 is 4.90 Å². The Kier molecular flexibility index (Phi) is 3.63. The van der Waals surface area contributed by atoms with E-state index < -0.39 is 0 Å². The Balaban J connectivity index is 1.33. The van der Waals surface area contributed by atoms with Gasteiger partial charge in [0.25, 0.3) is 0 Å². The van der Waals surface area contributed by atoms with Crippen LogP contribution in [0.2, 0.25) is 0 Å². The molecule has 1 amide bonds. The quantitative estimate of drug-likeness (QED) is 0.696. The molecule has 3 aromatic heterocycles. The maximum atomic E-state index is 13.0. The molecule has 2 saturated heterocycles. The second kappa shape index (κ2) is 6.01. The van der Waals surface area contributed by atoms with E-state index in [1.807, 2.05) is 16.3 Å². The molecule has 2 fully saturated rings. The van der Waals surface area contributed by atoms with Gasteiger partial charge in [0.1, 0.15) is 23.0 Å².